The van der Waals surface area contributed by atoms with Gasteiger partial charge in [-0.1, -0.05) is 36.3 Å². The first-order chi connectivity index (χ1) is 10.3. The fourth-order valence-corrected chi connectivity index (χ4v) is 3.89. The quantitative estimate of drug-likeness (QED) is 0.661. The molecule has 1 aromatic carbocycles. The molecule has 1 atom stereocenters. The third-order valence-corrected chi connectivity index (χ3v) is 4.91. The molecule has 2 heteroatoms. The van der Waals surface area contributed by atoms with E-state index < -0.39 is 0 Å². The van der Waals surface area contributed by atoms with Crippen LogP contribution >= 0.6 is 0 Å². The van der Waals surface area contributed by atoms with Gasteiger partial charge in [-0.15, -0.1) is 0 Å². The van der Waals surface area contributed by atoms with Gasteiger partial charge in [0.2, 0.25) is 0 Å². The van der Waals surface area contributed by atoms with Crippen molar-refractivity contribution >= 4 is 5.57 Å². The molecule has 3 rings (SSSR count). The summed E-state index contributed by atoms with van der Waals surface area (Å²) in [5.74, 6) is 2.28. The molecule has 22 heavy (non-hydrogen) atoms. The topological polar surface area (TPSA) is 9.23 Å². The Morgan fingerprint density at radius 1 is 1.32 bits per heavy atom. The van der Waals surface area contributed by atoms with Crippen LogP contribution in [0.25, 0.3) is 5.57 Å². The van der Waals surface area contributed by atoms with Gasteiger partial charge in [0.05, 0.1) is 6.61 Å². The molecule has 1 aromatic rings. The predicted molar refractivity (Wildman–Crippen MR) is 88.7 cm³/mol. The molecular formula is C20H26OY-2. The zero-order valence-electron chi connectivity index (χ0n) is 13.7. The second kappa shape index (κ2) is 8.76. The number of benzene rings is 1. The van der Waals surface area contributed by atoms with Crippen molar-refractivity contribution in [1.29, 1.82) is 0 Å². The van der Waals surface area contributed by atoms with Crippen LogP contribution in [0.15, 0.2) is 29.8 Å². The van der Waals surface area contributed by atoms with Crippen molar-refractivity contribution in [2.45, 2.75) is 45.4 Å². The Morgan fingerprint density at radius 3 is 2.91 bits per heavy atom. The minimum absolute atomic E-state index is 0. The van der Waals surface area contributed by atoms with Crippen LogP contribution in [0, 0.1) is 18.8 Å². The van der Waals surface area contributed by atoms with Gasteiger partial charge in [-0.05, 0) is 30.0 Å². The molecule has 0 saturated carbocycles. The third kappa shape index (κ3) is 3.91. The zero-order chi connectivity index (χ0) is 14.7. The van der Waals surface area contributed by atoms with E-state index in [1.54, 1.807) is 17.1 Å². The third-order valence-electron chi connectivity index (χ3n) is 4.91. The first-order valence-electron chi connectivity index (χ1n) is 8.34. The van der Waals surface area contributed by atoms with Crippen LogP contribution in [0.1, 0.15) is 50.2 Å². The summed E-state index contributed by atoms with van der Waals surface area (Å²) in [5.41, 5.74) is 6.31. The number of ether oxygens (including phenoxy) is 1. The molecule has 117 valence electrons. The summed E-state index contributed by atoms with van der Waals surface area (Å²) in [6, 6.07) is 8.97. The average molecular weight is 371 g/mol. The molecule has 0 saturated heterocycles. The number of allylic oxidation sites excluding steroid dienone is 1. The molecule has 0 heterocycles. The minimum Gasteiger partial charge on any atom is -0.381 e. The van der Waals surface area contributed by atoms with Crippen LogP contribution in [0.5, 0.6) is 0 Å². The molecule has 1 nitrogen and oxygen atoms in total. The average Bonchev–Trinajstić information content (AvgIpc) is 2.53. The Kier molecular flexibility index (Phi) is 7.31. The van der Waals surface area contributed by atoms with Gasteiger partial charge in [-0.2, -0.15) is 12.8 Å². The molecule has 0 fully saturated rings. The largest absolute Gasteiger partial charge is 0.381 e. The summed E-state index contributed by atoms with van der Waals surface area (Å²) in [5, 5.41) is 0. The number of fused-ring (bicyclic) bond motifs is 2. The molecule has 0 aliphatic heterocycles. The SMILES string of the molecule is [CH2-]CC[C-]1CCC2=C(C1)C(COCC)Cc1ccccc12.[Y]. The predicted octanol–water partition coefficient (Wildman–Crippen LogP) is 5.02. The van der Waals surface area contributed by atoms with Crippen molar-refractivity contribution in [3.63, 3.8) is 0 Å². The van der Waals surface area contributed by atoms with Gasteiger partial charge >= 0.3 is 0 Å². The number of rotatable bonds is 5. The van der Waals surface area contributed by atoms with Gasteiger partial charge in [-0.3, -0.25) is 0 Å². The number of hydrogen-bond acceptors (Lipinski definition) is 1. The molecule has 2 aliphatic carbocycles. The molecule has 1 unspecified atom stereocenters. The Hall–Kier alpha value is 0.0239. The van der Waals surface area contributed by atoms with Gasteiger partial charge in [0.15, 0.2) is 0 Å². The van der Waals surface area contributed by atoms with Crippen molar-refractivity contribution < 1.29 is 37.4 Å². The smallest absolute Gasteiger partial charge is 0.0533 e. The van der Waals surface area contributed by atoms with Gasteiger partial charge in [0.1, 0.15) is 0 Å². The van der Waals surface area contributed by atoms with Crippen molar-refractivity contribution in [3.8, 4) is 0 Å². The normalized spacial score (nSPS) is 21.1. The fourth-order valence-electron chi connectivity index (χ4n) is 3.89. The van der Waals surface area contributed by atoms with Crippen LogP contribution < -0.4 is 0 Å². The van der Waals surface area contributed by atoms with Crippen LogP contribution in [-0.2, 0) is 43.9 Å². The monoisotopic (exact) mass is 371 g/mol. The van der Waals surface area contributed by atoms with E-state index in [1.807, 2.05) is 0 Å². The van der Waals surface area contributed by atoms with Crippen LogP contribution in [-0.4, -0.2) is 13.2 Å². The van der Waals surface area contributed by atoms with Crippen molar-refractivity contribution in [3.05, 3.63) is 53.8 Å². The van der Waals surface area contributed by atoms with E-state index >= 15 is 0 Å². The molecule has 0 bridgehead atoms. The molecule has 0 aromatic heterocycles. The van der Waals surface area contributed by atoms with Crippen molar-refractivity contribution in [2.24, 2.45) is 5.92 Å². The molecule has 0 N–H and O–H groups in total. The van der Waals surface area contributed by atoms with E-state index in [2.05, 4.69) is 38.1 Å². The molecule has 2 aliphatic rings. The second-order valence-electron chi connectivity index (χ2n) is 6.25. The molecular weight excluding hydrogens is 345 g/mol. The van der Waals surface area contributed by atoms with Crippen molar-refractivity contribution in [1.82, 2.24) is 0 Å². The minimum atomic E-state index is 0. The van der Waals surface area contributed by atoms with E-state index in [4.69, 9.17) is 4.74 Å². The Balaban J connectivity index is 0.00000176. The van der Waals surface area contributed by atoms with Crippen LogP contribution in [0.4, 0.5) is 0 Å². The summed E-state index contributed by atoms with van der Waals surface area (Å²) >= 11 is 0. The molecule has 0 spiro atoms. The standard InChI is InChI=1S/C20H26O.Y/c1-3-7-15-10-11-19-18-9-6-5-8-16(18)13-17(14-21-4-2)20(19)12-15;/h5-6,8-9,17H,1,3-4,7,10-14H2,2H3;/q-2;. The first kappa shape index (κ1) is 18.4. The van der Waals surface area contributed by atoms with Gasteiger partial charge < -0.3 is 17.6 Å². The summed E-state index contributed by atoms with van der Waals surface area (Å²) in [6.45, 7) is 7.81. The van der Waals surface area contributed by atoms with Gasteiger partial charge in [-0.25, -0.2) is 12.8 Å². The first-order valence-corrected chi connectivity index (χ1v) is 8.34. The fraction of sp³-hybridized carbons (Fsp3) is 0.500. The molecule has 1 radical (unpaired) electrons. The second-order valence-corrected chi connectivity index (χ2v) is 6.25. The Labute approximate surface area is 160 Å². The Morgan fingerprint density at radius 2 is 2.14 bits per heavy atom. The summed E-state index contributed by atoms with van der Waals surface area (Å²) in [4.78, 5) is 0. The summed E-state index contributed by atoms with van der Waals surface area (Å²) in [7, 11) is 0. The maximum atomic E-state index is 5.78. The van der Waals surface area contributed by atoms with Crippen molar-refractivity contribution in [2.75, 3.05) is 13.2 Å². The van der Waals surface area contributed by atoms with Gasteiger partial charge in [0.25, 0.3) is 0 Å². The maximum Gasteiger partial charge on any atom is 0.0533 e. The van der Waals surface area contributed by atoms with E-state index in [9.17, 15) is 0 Å². The van der Waals surface area contributed by atoms with Gasteiger partial charge in [0, 0.05) is 45.2 Å². The van der Waals surface area contributed by atoms with E-state index in [0.717, 1.165) is 26.1 Å². The van der Waals surface area contributed by atoms with E-state index in [-0.39, 0.29) is 32.7 Å². The summed E-state index contributed by atoms with van der Waals surface area (Å²) < 4.78 is 5.78. The van der Waals surface area contributed by atoms with Crippen LogP contribution in [0.3, 0.4) is 0 Å². The van der Waals surface area contributed by atoms with Crippen LogP contribution in [0.2, 0.25) is 0 Å². The Bertz CT molecular complexity index is 520. The number of hydrogen-bond donors (Lipinski definition) is 0. The summed E-state index contributed by atoms with van der Waals surface area (Å²) in [6.07, 6.45) is 7.03. The van der Waals surface area contributed by atoms with E-state index in [0.29, 0.717) is 5.92 Å². The maximum absolute atomic E-state index is 5.78. The molecule has 0 amide bonds. The zero-order valence-corrected chi connectivity index (χ0v) is 16.6. The van der Waals surface area contributed by atoms with E-state index in [1.165, 1.54) is 36.8 Å².